The molecule has 4 rings (SSSR count). The smallest absolute Gasteiger partial charge is 0.387 e. The van der Waals surface area contributed by atoms with Crippen LogP contribution in [0.2, 0.25) is 0 Å². The number of benzene rings is 3. The Kier molecular flexibility index (Phi) is 6.66. The number of nitrogens with one attached hydrogen (secondary N) is 1. The summed E-state index contributed by atoms with van der Waals surface area (Å²) >= 11 is 0. The molecule has 0 bridgehead atoms. The first-order valence-corrected chi connectivity index (χ1v) is 11.4. The number of esters is 1. The minimum Gasteiger partial charge on any atom is -0.493 e. The average molecular weight is 491 g/mol. The van der Waals surface area contributed by atoms with Crippen LogP contribution in [0.1, 0.15) is 15.9 Å². The number of cyclic esters (lactones) is 1. The lowest BCUT2D eigenvalue weighted by molar-refractivity contribution is -0.0528. The van der Waals surface area contributed by atoms with Crippen molar-refractivity contribution < 1.29 is 40.9 Å². The topological polar surface area (TPSA) is 100 Å². The van der Waals surface area contributed by atoms with Crippen molar-refractivity contribution in [3.8, 4) is 28.4 Å². The SMILES string of the molecule is COc1ccc(-c2ccc3c(c2)COC3=O)c(OCNS(=O)(=O)c2ccccc2)c1OC(F)F. The molecular formula is C23H19F2NO7S. The highest BCUT2D eigenvalue weighted by atomic mass is 32.2. The molecule has 1 aliphatic rings. The number of carbonyl (C=O) groups excluding carboxylic acids is 1. The Morgan fingerprint density at radius 2 is 1.76 bits per heavy atom. The highest BCUT2D eigenvalue weighted by Gasteiger charge is 2.25. The van der Waals surface area contributed by atoms with Crippen LogP contribution >= 0.6 is 0 Å². The summed E-state index contributed by atoms with van der Waals surface area (Å²) in [6, 6.07) is 15.4. The summed E-state index contributed by atoms with van der Waals surface area (Å²) in [4.78, 5) is 11.8. The number of methoxy groups -OCH3 is 1. The maximum Gasteiger partial charge on any atom is 0.387 e. The van der Waals surface area contributed by atoms with E-state index >= 15 is 0 Å². The van der Waals surface area contributed by atoms with Gasteiger partial charge in [-0.15, -0.1) is 0 Å². The van der Waals surface area contributed by atoms with Crippen molar-refractivity contribution in [2.24, 2.45) is 0 Å². The van der Waals surface area contributed by atoms with Crippen molar-refractivity contribution in [3.05, 3.63) is 71.8 Å². The van der Waals surface area contributed by atoms with E-state index in [-0.39, 0.29) is 23.0 Å². The third-order valence-corrected chi connectivity index (χ3v) is 6.41. The fraction of sp³-hybridized carbons (Fsp3) is 0.174. The van der Waals surface area contributed by atoms with E-state index in [4.69, 9.17) is 14.2 Å². The first-order valence-electron chi connectivity index (χ1n) is 9.94. The van der Waals surface area contributed by atoms with Crippen LogP contribution in [0.15, 0.2) is 65.6 Å². The molecule has 3 aromatic rings. The molecule has 0 saturated heterocycles. The van der Waals surface area contributed by atoms with Crippen molar-refractivity contribution in [2.45, 2.75) is 18.1 Å². The predicted molar refractivity (Wildman–Crippen MR) is 116 cm³/mol. The molecular weight excluding hydrogens is 472 g/mol. The lowest BCUT2D eigenvalue weighted by Crippen LogP contribution is -2.28. The Labute approximate surface area is 194 Å². The van der Waals surface area contributed by atoms with Crippen LogP contribution < -0.4 is 18.9 Å². The van der Waals surface area contributed by atoms with E-state index in [9.17, 15) is 22.0 Å². The number of rotatable bonds is 9. The van der Waals surface area contributed by atoms with E-state index in [1.165, 1.54) is 25.3 Å². The van der Waals surface area contributed by atoms with Gasteiger partial charge in [-0.2, -0.15) is 13.5 Å². The molecule has 0 saturated carbocycles. The maximum absolute atomic E-state index is 13.2. The van der Waals surface area contributed by atoms with Crippen molar-refractivity contribution >= 4 is 16.0 Å². The van der Waals surface area contributed by atoms with Gasteiger partial charge in [0.15, 0.2) is 18.2 Å². The summed E-state index contributed by atoms with van der Waals surface area (Å²) in [7, 11) is -2.65. The highest BCUT2D eigenvalue weighted by Crippen LogP contribution is 2.45. The number of sulfonamides is 1. The molecule has 0 spiro atoms. The van der Waals surface area contributed by atoms with E-state index in [0.29, 0.717) is 22.3 Å². The van der Waals surface area contributed by atoms with Crippen LogP contribution in [0.25, 0.3) is 11.1 Å². The average Bonchev–Trinajstić information content (AvgIpc) is 3.20. The van der Waals surface area contributed by atoms with Gasteiger partial charge in [-0.05, 0) is 42.0 Å². The molecule has 8 nitrogen and oxygen atoms in total. The molecule has 1 aliphatic heterocycles. The molecule has 11 heteroatoms. The lowest BCUT2D eigenvalue weighted by atomic mass is 9.99. The van der Waals surface area contributed by atoms with Gasteiger partial charge in [-0.25, -0.2) is 13.2 Å². The van der Waals surface area contributed by atoms with E-state index in [1.54, 1.807) is 42.5 Å². The van der Waals surface area contributed by atoms with Gasteiger partial charge >= 0.3 is 12.6 Å². The molecule has 1 N–H and O–H groups in total. The van der Waals surface area contributed by atoms with Gasteiger partial charge in [0.25, 0.3) is 0 Å². The molecule has 1 heterocycles. The summed E-state index contributed by atoms with van der Waals surface area (Å²) in [5.41, 5.74) is 1.85. The zero-order chi connectivity index (χ0) is 24.3. The molecule has 0 unspecified atom stereocenters. The Bertz CT molecular complexity index is 1310. The molecule has 0 radical (unpaired) electrons. The number of fused-ring (bicyclic) bond motifs is 1. The number of ether oxygens (including phenoxy) is 4. The molecule has 178 valence electrons. The zero-order valence-corrected chi connectivity index (χ0v) is 18.6. The van der Waals surface area contributed by atoms with Gasteiger partial charge < -0.3 is 18.9 Å². The van der Waals surface area contributed by atoms with E-state index < -0.39 is 35.1 Å². The summed E-state index contributed by atoms with van der Waals surface area (Å²) in [6.07, 6.45) is 0. The number of hydrogen-bond donors (Lipinski definition) is 1. The molecule has 0 amide bonds. The largest absolute Gasteiger partial charge is 0.493 e. The monoisotopic (exact) mass is 491 g/mol. The summed E-state index contributed by atoms with van der Waals surface area (Å²) < 4.78 is 74.2. The van der Waals surface area contributed by atoms with Gasteiger partial charge in [-0.1, -0.05) is 24.3 Å². The standard InChI is InChI=1S/C23H19F2NO7S/c1-30-19-10-9-17(14-7-8-18-15(11-14)12-31-22(18)27)20(21(19)33-23(24)25)32-13-26-34(28,29)16-5-3-2-4-6-16/h2-11,23,26H,12-13H2,1H3. The molecule has 3 aromatic carbocycles. The number of carbonyl (C=O) groups is 1. The second-order valence-corrected chi connectivity index (χ2v) is 8.82. The molecule has 34 heavy (non-hydrogen) atoms. The minimum atomic E-state index is -3.92. The number of hydrogen-bond acceptors (Lipinski definition) is 7. The van der Waals surface area contributed by atoms with Gasteiger partial charge in [-0.3, -0.25) is 0 Å². The zero-order valence-electron chi connectivity index (χ0n) is 17.8. The second kappa shape index (κ2) is 9.65. The van der Waals surface area contributed by atoms with Crippen molar-refractivity contribution in [2.75, 3.05) is 13.8 Å². The van der Waals surface area contributed by atoms with Crippen molar-refractivity contribution in [1.82, 2.24) is 4.72 Å². The van der Waals surface area contributed by atoms with Gasteiger partial charge in [0.05, 0.1) is 17.6 Å². The van der Waals surface area contributed by atoms with E-state index in [1.807, 2.05) is 0 Å². The summed E-state index contributed by atoms with van der Waals surface area (Å²) in [5.74, 6) is -1.06. The first-order chi connectivity index (χ1) is 16.3. The van der Waals surface area contributed by atoms with Crippen LogP contribution in [-0.2, 0) is 21.4 Å². The Balaban J connectivity index is 1.71. The molecule has 0 aromatic heterocycles. The quantitative estimate of drug-likeness (QED) is 0.357. The third kappa shape index (κ3) is 4.80. The Morgan fingerprint density at radius 3 is 2.47 bits per heavy atom. The van der Waals surface area contributed by atoms with Crippen LogP contribution in [0.3, 0.4) is 0 Å². The predicted octanol–water partition coefficient (Wildman–Crippen LogP) is 3.95. The highest BCUT2D eigenvalue weighted by molar-refractivity contribution is 7.89. The molecule has 0 fully saturated rings. The lowest BCUT2D eigenvalue weighted by Gasteiger charge is -2.19. The molecule has 0 aliphatic carbocycles. The van der Waals surface area contributed by atoms with Crippen LogP contribution in [0.5, 0.6) is 17.2 Å². The Hall–Kier alpha value is -3.70. The van der Waals surface area contributed by atoms with E-state index in [0.717, 1.165) is 0 Å². The third-order valence-electron chi connectivity index (χ3n) is 5.02. The summed E-state index contributed by atoms with van der Waals surface area (Å²) in [5, 5.41) is 0. The van der Waals surface area contributed by atoms with Gasteiger partial charge in [0.1, 0.15) is 6.61 Å². The number of halogens is 2. The second-order valence-electron chi connectivity index (χ2n) is 7.05. The normalized spacial score (nSPS) is 12.9. The van der Waals surface area contributed by atoms with Crippen molar-refractivity contribution in [3.63, 3.8) is 0 Å². The van der Waals surface area contributed by atoms with Gasteiger partial charge in [0, 0.05) is 11.1 Å². The van der Waals surface area contributed by atoms with Crippen LogP contribution in [0.4, 0.5) is 8.78 Å². The minimum absolute atomic E-state index is 0.0109. The maximum atomic E-state index is 13.2. The van der Waals surface area contributed by atoms with Crippen molar-refractivity contribution in [1.29, 1.82) is 0 Å². The van der Waals surface area contributed by atoms with E-state index in [2.05, 4.69) is 9.46 Å². The fourth-order valence-corrected chi connectivity index (χ4v) is 4.34. The molecule has 0 atom stereocenters. The Morgan fingerprint density at radius 1 is 1.03 bits per heavy atom. The van der Waals surface area contributed by atoms with Gasteiger partial charge in [0.2, 0.25) is 15.8 Å². The first kappa shape index (κ1) is 23.5. The fourth-order valence-electron chi connectivity index (χ4n) is 3.44. The van der Waals surface area contributed by atoms with Crippen LogP contribution in [0, 0.1) is 0 Å². The summed E-state index contributed by atoms with van der Waals surface area (Å²) in [6.45, 7) is -3.70. The number of alkyl halides is 2. The van der Waals surface area contributed by atoms with Crippen LogP contribution in [-0.4, -0.2) is 34.8 Å².